The number of carboxylic acid groups (broad SMARTS) is 1. The van der Waals surface area contributed by atoms with E-state index in [0.717, 1.165) is 16.9 Å². The van der Waals surface area contributed by atoms with Crippen molar-refractivity contribution >= 4 is 40.1 Å². The van der Waals surface area contributed by atoms with Crippen LogP contribution in [0.5, 0.6) is 0 Å². The highest BCUT2D eigenvalue weighted by Crippen LogP contribution is 2.29. The van der Waals surface area contributed by atoms with Crippen molar-refractivity contribution in [2.45, 2.75) is 13.5 Å². The number of amides is 2. The summed E-state index contributed by atoms with van der Waals surface area (Å²) in [5.74, 6) is -1.02. The van der Waals surface area contributed by atoms with Gasteiger partial charge in [0.25, 0.3) is 0 Å². The minimum absolute atomic E-state index is 0.161. The van der Waals surface area contributed by atoms with Gasteiger partial charge in [0.15, 0.2) is 5.13 Å². The van der Waals surface area contributed by atoms with Crippen LogP contribution in [0.2, 0.25) is 5.02 Å². The van der Waals surface area contributed by atoms with Gasteiger partial charge in [0, 0.05) is 24.7 Å². The summed E-state index contributed by atoms with van der Waals surface area (Å²) in [6, 6.07) is 7.19. The summed E-state index contributed by atoms with van der Waals surface area (Å²) < 4.78 is 0. The maximum absolute atomic E-state index is 12.5. The number of thiazole rings is 1. The van der Waals surface area contributed by atoms with Gasteiger partial charge in [0.2, 0.25) is 0 Å². The molecule has 8 heteroatoms. The van der Waals surface area contributed by atoms with E-state index in [1.165, 1.54) is 4.90 Å². The molecule has 1 N–H and O–H groups in total. The van der Waals surface area contributed by atoms with Crippen LogP contribution in [0.25, 0.3) is 0 Å². The van der Waals surface area contributed by atoms with Gasteiger partial charge < -0.3 is 10.0 Å². The third kappa shape index (κ3) is 3.16. The number of hydrogen-bond donors (Lipinski definition) is 1. The van der Waals surface area contributed by atoms with E-state index < -0.39 is 5.97 Å². The van der Waals surface area contributed by atoms with Crippen LogP contribution in [0.1, 0.15) is 20.9 Å². The highest BCUT2D eigenvalue weighted by molar-refractivity contribution is 7.17. The normalized spacial score (nSPS) is 14.6. The second-order valence-electron chi connectivity index (χ2n) is 5.20. The average Bonchev–Trinajstić information content (AvgIpc) is 3.05. The SMILES string of the molecule is Cc1nc(N2CCN(Cc3ccc(Cl)cc3)C2=O)sc1C(=O)O. The number of nitrogens with zero attached hydrogens (tertiary/aromatic N) is 3. The molecule has 0 bridgehead atoms. The van der Waals surface area contributed by atoms with Crippen LogP contribution in [0.15, 0.2) is 24.3 Å². The van der Waals surface area contributed by atoms with Crippen LogP contribution in [0, 0.1) is 6.92 Å². The predicted octanol–water partition coefficient (Wildman–Crippen LogP) is 3.25. The zero-order valence-corrected chi connectivity index (χ0v) is 13.9. The van der Waals surface area contributed by atoms with Gasteiger partial charge in [-0.1, -0.05) is 35.1 Å². The third-order valence-corrected chi connectivity index (χ3v) is 5.01. The summed E-state index contributed by atoms with van der Waals surface area (Å²) in [5.41, 5.74) is 1.42. The summed E-state index contributed by atoms with van der Waals surface area (Å²) >= 11 is 6.89. The molecule has 23 heavy (non-hydrogen) atoms. The van der Waals surface area contributed by atoms with Crippen molar-refractivity contribution in [3.05, 3.63) is 45.4 Å². The summed E-state index contributed by atoms with van der Waals surface area (Å²) in [4.78, 5) is 31.2. The number of benzene rings is 1. The maximum atomic E-state index is 12.5. The number of aromatic carboxylic acids is 1. The van der Waals surface area contributed by atoms with Gasteiger partial charge >= 0.3 is 12.0 Å². The second kappa shape index (κ2) is 6.17. The van der Waals surface area contributed by atoms with E-state index >= 15 is 0 Å². The fourth-order valence-corrected chi connectivity index (χ4v) is 3.46. The van der Waals surface area contributed by atoms with Crippen molar-refractivity contribution in [1.29, 1.82) is 0 Å². The lowest BCUT2D eigenvalue weighted by Crippen LogP contribution is -2.31. The fraction of sp³-hybridized carbons (Fsp3) is 0.267. The van der Waals surface area contributed by atoms with E-state index in [0.29, 0.717) is 35.5 Å². The second-order valence-corrected chi connectivity index (χ2v) is 6.61. The van der Waals surface area contributed by atoms with Crippen LogP contribution in [-0.4, -0.2) is 40.1 Å². The van der Waals surface area contributed by atoms with E-state index in [-0.39, 0.29) is 10.9 Å². The quantitative estimate of drug-likeness (QED) is 0.917. The topological polar surface area (TPSA) is 73.7 Å². The van der Waals surface area contributed by atoms with E-state index in [9.17, 15) is 9.59 Å². The molecular formula is C15H14ClN3O3S. The van der Waals surface area contributed by atoms with Gasteiger partial charge in [0.1, 0.15) is 4.88 Å². The Morgan fingerprint density at radius 1 is 1.35 bits per heavy atom. The number of hydrogen-bond acceptors (Lipinski definition) is 4. The molecule has 2 aromatic rings. The number of aryl methyl sites for hydroxylation is 1. The summed E-state index contributed by atoms with van der Waals surface area (Å²) in [6.07, 6.45) is 0. The molecule has 1 aliphatic heterocycles. The first-order valence-corrected chi connectivity index (χ1v) is 8.17. The van der Waals surface area contributed by atoms with Crippen molar-refractivity contribution in [2.75, 3.05) is 18.0 Å². The highest BCUT2D eigenvalue weighted by Gasteiger charge is 2.32. The zero-order chi connectivity index (χ0) is 16.6. The molecule has 2 heterocycles. The summed E-state index contributed by atoms with van der Waals surface area (Å²) in [7, 11) is 0. The molecule has 6 nitrogen and oxygen atoms in total. The van der Waals surface area contributed by atoms with Gasteiger partial charge in [-0.05, 0) is 24.6 Å². The minimum atomic E-state index is -1.02. The lowest BCUT2D eigenvalue weighted by Gasteiger charge is -2.17. The zero-order valence-electron chi connectivity index (χ0n) is 12.3. The van der Waals surface area contributed by atoms with Crippen LogP contribution >= 0.6 is 22.9 Å². The number of carbonyl (C=O) groups is 2. The van der Waals surface area contributed by atoms with Gasteiger partial charge in [-0.3, -0.25) is 4.90 Å². The predicted molar refractivity (Wildman–Crippen MR) is 88.4 cm³/mol. The molecule has 1 fully saturated rings. The largest absolute Gasteiger partial charge is 0.477 e. The van der Waals surface area contributed by atoms with Crippen LogP contribution in [0.4, 0.5) is 9.93 Å². The molecule has 1 aromatic carbocycles. The van der Waals surface area contributed by atoms with Crippen LogP contribution in [-0.2, 0) is 6.54 Å². The van der Waals surface area contributed by atoms with E-state index in [2.05, 4.69) is 4.98 Å². The number of aromatic nitrogens is 1. The number of halogens is 1. The van der Waals surface area contributed by atoms with Crippen molar-refractivity contribution in [1.82, 2.24) is 9.88 Å². The van der Waals surface area contributed by atoms with E-state index in [1.54, 1.807) is 24.0 Å². The van der Waals surface area contributed by atoms with E-state index in [1.807, 2.05) is 12.1 Å². The maximum Gasteiger partial charge on any atom is 0.347 e. The van der Waals surface area contributed by atoms with Gasteiger partial charge in [0.05, 0.1) is 5.69 Å². The minimum Gasteiger partial charge on any atom is -0.477 e. The van der Waals surface area contributed by atoms with Gasteiger partial charge in [-0.15, -0.1) is 0 Å². The molecule has 0 atom stereocenters. The molecule has 0 aliphatic carbocycles. The monoisotopic (exact) mass is 351 g/mol. The number of rotatable bonds is 4. The molecular weight excluding hydrogens is 338 g/mol. The number of carboxylic acids is 1. The number of anilines is 1. The Bertz CT molecular complexity index is 760. The average molecular weight is 352 g/mol. The Labute approximate surface area is 141 Å². The van der Waals surface area contributed by atoms with Gasteiger partial charge in [-0.2, -0.15) is 0 Å². The Hall–Kier alpha value is -2.12. The molecule has 0 unspecified atom stereocenters. The standard InChI is InChI=1S/C15H14ClN3O3S/c1-9-12(13(20)21)23-14(17-9)19-7-6-18(15(19)22)8-10-2-4-11(16)5-3-10/h2-5H,6-8H2,1H3,(H,20,21). The van der Waals surface area contributed by atoms with Crippen LogP contribution in [0.3, 0.4) is 0 Å². The molecule has 3 rings (SSSR count). The van der Waals surface area contributed by atoms with Crippen molar-refractivity contribution in [3.63, 3.8) is 0 Å². The Kier molecular flexibility index (Phi) is 4.23. The van der Waals surface area contributed by atoms with E-state index in [4.69, 9.17) is 16.7 Å². The van der Waals surface area contributed by atoms with Gasteiger partial charge in [-0.25, -0.2) is 14.6 Å². The Morgan fingerprint density at radius 2 is 2.04 bits per heavy atom. The Morgan fingerprint density at radius 3 is 2.65 bits per heavy atom. The first kappa shape index (κ1) is 15.8. The first-order valence-electron chi connectivity index (χ1n) is 6.97. The van der Waals surface area contributed by atoms with Crippen molar-refractivity contribution in [2.24, 2.45) is 0 Å². The molecule has 1 aromatic heterocycles. The molecule has 0 saturated carbocycles. The first-order chi connectivity index (χ1) is 11.0. The lowest BCUT2D eigenvalue weighted by atomic mass is 10.2. The van der Waals surface area contributed by atoms with Crippen molar-refractivity contribution < 1.29 is 14.7 Å². The number of carbonyl (C=O) groups excluding carboxylic acids is 1. The summed E-state index contributed by atoms with van der Waals surface area (Å²) in [6.45, 7) is 3.19. The molecule has 0 spiro atoms. The molecule has 120 valence electrons. The summed E-state index contributed by atoms with van der Waals surface area (Å²) in [5, 5.41) is 10.2. The molecule has 2 amide bonds. The smallest absolute Gasteiger partial charge is 0.347 e. The molecule has 1 saturated heterocycles. The number of urea groups is 1. The highest BCUT2D eigenvalue weighted by atomic mass is 35.5. The fourth-order valence-electron chi connectivity index (χ4n) is 2.41. The van der Waals surface area contributed by atoms with Crippen LogP contribution < -0.4 is 4.90 Å². The Balaban J connectivity index is 1.75. The van der Waals surface area contributed by atoms with Crippen molar-refractivity contribution in [3.8, 4) is 0 Å². The third-order valence-electron chi connectivity index (χ3n) is 3.59. The lowest BCUT2D eigenvalue weighted by molar-refractivity contribution is 0.0701. The molecule has 0 radical (unpaired) electrons. The molecule has 1 aliphatic rings.